The number of benzene rings is 1. The number of ether oxygens (including phenoxy) is 1. The Morgan fingerprint density at radius 2 is 2.37 bits per heavy atom. The largest absolute Gasteiger partial charge is 0.498 e. The van der Waals surface area contributed by atoms with Crippen molar-refractivity contribution in [1.29, 1.82) is 0 Å². The van der Waals surface area contributed by atoms with Crippen LogP contribution in [0.4, 0.5) is 4.79 Å². The molecule has 1 aromatic carbocycles. The van der Waals surface area contributed by atoms with E-state index >= 15 is 0 Å². The highest BCUT2D eigenvalue weighted by molar-refractivity contribution is 6.64. The van der Waals surface area contributed by atoms with Crippen molar-refractivity contribution in [2.75, 3.05) is 19.8 Å². The quantitative estimate of drug-likeness (QED) is 0.785. The fraction of sp³-hybridized carbons (Fsp3) is 0.364. The molecule has 0 aromatic heterocycles. The summed E-state index contributed by atoms with van der Waals surface area (Å²) in [4.78, 5) is 10.6. The molecule has 0 saturated heterocycles. The Morgan fingerprint density at radius 1 is 1.53 bits per heavy atom. The van der Waals surface area contributed by atoms with Crippen LogP contribution in [0.15, 0.2) is 12.1 Å². The second kappa shape index (κ2) is 4.92. The molecule has 100 valence electrons. The van der Waals surface area contributed by atoms with Gasteiger partial charge in [-0.05, 0) is 12.1 Å². The molecule has 1 amide bonds. The van der Waals surface area contributed by atoms with Gasteiger partial charge in [-0.1, -0.05) is 11.6 Å². The zero-order valence-electron chi connectivity index (χ0n) is 9.89. The van der Waals surface area contributed by atoms with Crippen LogP contribution in [0, 0.1) is 0 Å². The first-order chi connectivity index (χ1) is 9.16. The molecule has 0 aliphatic carbocycles. The summed E-state index contributed by atoms with van der Waals surface area (Å²) in [7, 11) is -0.549. The maximum Gasteiger partial charge on any atom is 0.498 e. The van der Waals surface area contributed by atoms with Gasteiger partial charge in [0.25, 0.3) is 0 Å². The molecular formula is C11H11BClNO5. The van der Waals surface area contributed by atoms with Crippen molar-refractivity contribution in [3.63, 3.8) is 0 Å². The van der Waals surface area contributed by atoms with Crippen LogP contribution in [0.1, 0.15) is 11.7 Å². The number of hydrogen-bond acceptors (Lipinski definition) is 4. The summed E-state index contributed by atoms with van der Waals surface area (Å²) in [6.07, 6.45) is -1.57. The third kappa shape index (κ3) is 2.24. The van der Waals surface area contributed by atoms with E-state index in [1.807, 2.05) is 0 Å². The van der Waals surface area contributed by atoms with Crippen LogP contribution in [0.25, 0.3) is 0 Å². The summed E-state index contributed by atoms with van der Waals surface area (Å²) >= 11 is 6.19. The summed E-state index contributed by atoms with van der Waals surface area (Å²) in [6, 6.07) is 3.50. The lowest BCUT2D eigenvalue weighted by Gasteiger charge is -2.15. The molecule has 3 rings (SSSR count). The average molecular weight is 283 g/mol. The molecule has 19 heavy (non-hydrogen) atoms. The summed E-state index contributed by atoms with van der Waals surface area (Å²) in [6.45, 7) is 0.979. The molecule has 2 aliphatic heterocycles. The van der Waals surface area contributed by atoms with Gasteiger partial charge in [0.2, 0.25) is 0 Å². The lowest BCUT2D eigenvalue weighted by Crippen LogP contribution is -2.32. The van der Waals surface area contributed by atoms with E-state index in [0.29, 0.717) is 24.0 Å². The Kier molecular flexibility index (Phi) is 3.26. The molecule has 6 nitrogen and oxygen atoms in total. The highest BCUT2D eigenvalue weighted by atomic mass is 35.5. The highest BCUT2D eigenvalue weighted by Crippen LogP contribution is 2.34. The number of nitrogens with one attached hydrogen (secondary N) is 1. The minimum absolute atomic E-state index is 0.116. The third-order valence-corrected chi connectivity index (χ3v) is 3.42. The van der Waals surface area contributed by atoms with Crippen molar-refractivity contribution in [3.8, 4) is 5.75 Å². The molecule has 1 aromatic rings. The van der Waals surface area contributed by atoms with E-state index in [0.717, 1.165) is 11.0 Å². The number of hydrogen-bond donors (Lipinski definition) is 2. The minimum Gasteiger partial charge on any atom is -0.492 e. The van der Waals surface area contributed by atoms with Gasteiger partial charge in [-0.25, -0.2) is 4.79 Å². The molecule has 0 saturated carbocycles. The number of amides is 1. The summed E-state index contributed by atoms with van der Waals surface area (Å²) in [5.74, 6) is 0.680. The lowest BCUT2D eigenvalue weighted by atomic mass is 9.78. The van der Waals surface area contributed by atoms with Crippen molar-refractivity contribution in [3.05, 3.63) is 22.7 Å². The average Bonchev–Trinajstić information content (AvgIpc) is 2.62. The van der Waals surface area contributed by atoms with Crippen LogP contribution < -0.4 is 15.5 Å². The van der Waals surface area contributed by atoms with Crippen LogP contribution in [0.2, 0.25) is 5.02 Å². The molecular weight excluding hydrogens is 272 g/mol. The lowest BCUT2D eigenvalue weighted by molar-refractivity contribution is 0.138. The highest BCUT2D eigenvalue weighted by Gasteiger charge is 2.42. The van der Waals surface area contributed by atoms with Crippen molar-refractivity contribution >= 4 is 30.3 Å². The first kappa shape index (κ1) is 12.6. The van der Waals surface area contributed by atoms with E-state index < -0.39 is 19.3 Å². The summed E-state index contributed by atoms with van der Waals surface area (Å²) in [5.41, 5.74) is 1.50. The van der Waals surface area contributed by atoms with Crippen LogP contribution >= 0.6 is 11.6 Å². The molecule has 2 aliphatic rings. The predicted molar refractivity (Wildman–Crippen MR) is 68.1 cm³/mol. The molecule has 2 N–H and O–H groups in total. The Morgan fingerprint density at radius 3 is 3.16 bits per heavy atom. The Labute approximate surface area is 114 Å². The van der Waals surface area contributed by atoms with Gasteiger partial charge in [0, 0.05) is 22.6 Å². The second-order valence-electron chi connectivity index (χ2n) is 4.23. The van der Waals surface area contributed by atoms with Crippen molar-refractivity contribution in [2.45, 2.75) is 6.10 Å². The van der Waals surface area contributed by atoms with Crippen LogP contribution in [0.5, 0.6) is 5.75 Å². The van der Waals surface area contributed by atoms with Crippen molar-refractivity contribution in [2.24, 2.45) is 0 Å². The van der Waals surface area contributed by atoms with Gasteiger partial charge in [-0.2, -0.15) is 0 Å². The molecule has 0 radical (unpaired) electrons. The number of carbonyl (C=O) groups is 1. The molecule has 1 atom stereocenters. The van der Waals surface area contributed by atoms with Crippen molar-refractivity contribution < 1.29 is 23.9 Å². The van der Waals surface area contributed by atoms with Crippen LogP contribution in [0.3, 0.4) is 0 Å². The van der Waals surface area contributed by atoms with Gasteiger partial charge < -0.3 is 24.5 Å². The first-order valence-electron chi connectivity index (χ1n) is 5.86. The monoisotopic (exact) mass is 283 g/mol. The maximum absolute atomic E-state index is 10.6. The molecule has 0 bridgehead atoms. The molecule has 0 fully saturated rings. The Balaban J connectivity index is 1.97. The Bertz CT molecular complexity index is 526. The second-order valence-corrected chi connectivity index (χ2v) is 4.64. The van der Waals surface area contributed by atoms with Gasteiger partial charge in [0.1, 0.15) is 12.4 Å². The molecule has 0 spiro atoms. The number of carboxylic acid groups (broad SMARTS) is 1. The van der Waals surface area contributed by atoms with Crippen LogP contribution in [-0.2, 0) is 9.31 Å². The normalized spacial score (nSPS) is 20.5. The van der Waals surface area contributed by atoms with E-state index in [9.17, 15) is 4.79 Å². The fourth-order valence-electron chi connectivity index (χ4n) is 2.33. The van der Waals surface area contributed by atoms with Crippen LogP contribution in [-0.4, -0.2) is 38.1 Å². The molecule has 8 heteroatoms. The van der Waals surface area contributed by atoms with E-state index in [1.165, 1.54) is 0 Å². The van der Waals surface area contributed by atoms with E-state index in [2.05, 4.69) is 5.32 Å². The Hall–Kier alpha value is -1.44. The van der Waals surface area contributed by atoms with Gasteiger partial charge in [-0.3, -0.25) is 0 Å². The number of rotatable bonds is 2. The van der Waals surface area contributed by atoms with Crippen molar-refractivity contribution in [1.82, 2.24) is 5.32 Å². The summed E-state index contributed by atoms with van der Waals surface area (Å²) < 4.78 is 16.8. The fourth-order valence-corrected chi connectivity index (χ4v) is 2.62. The zero-order valence-corrected chi connectivity index (χ0v) is 10.6. The zero-order chi connectivity index (χ0) is 13.4. The smallest absolute Gasteiger partial charge is 0.492 e. The van der Waals surface area contributed by atoms with Gasteiger partial charge in [-0.15, -0.1) is 0 Å². The first-order valence-corrected chi connectivity index (χ1v) is 6.23. The van der Waals surface area contributed by atoms with E-state index in [-0.39, 0.29) is 6.54 Å². The maximum atomic E-state index is 10.6. The summed E-state index contributed by atoms with van der Waals surface area (Å²) in [5, 5.41) is 11.5. The van der Waals surface area contributed by atoms with E-state index in [1.54, 1.807) is 12.1 Å². The van der Waals surface area contributed by atoms with Gasteiger partial charge in [0.05, 0.1) is 12.7 Å². The minimum atomic E-state index is -1.11. The predicted octanol–water partition coefficient (Wildman–Crippen LogP) is 0.783. The molecule has 2 heterocycles. The SMILES string of the molecule is O=C(O)NC[C@@H]1OB2OCCOc3ccc(Cl)c1c32. The van der Waals surface area contributed by atoms with Gasteiger partial charge in [0.15, 0.2) is 0 Å². The third-order valence-electron chi connectivity index (χ3n) is 3.09. The molecule has 0 unspecified atom stereocenters. The topological polar surface area (TPSA) is 77.0 Å². The standard InChI is InChI=1S/C11H11BClNO5/c13-6-1-2-7-10-9(6)8(5-14-11(15)16)19-12(10)18-4-3-17-7/h1-2,8,14H,3-5H2,(H,15,16)/t8-/m0/s1. The number of halogens is 1. The van der Waals surface area contributed by atoms with Gasteiger partial charge >= 0.3 is 13.2 Å². The van der Waals surface area contributed by atoms with E-state index in [4.69, 9.17) is 30.8 Å².